The Balaban J connectivity index is 1.58. The highest BCUT2D eigenvalue weighted by atomic mass is 16.2. The number of nitrogens with zero attached hydrogens (tertiary/aromatic N) is 4. The molecule has 7 heteroatoms. The number of aryl methyl sites for hydroxylation is 1. The van der Waals surface area contributed by atoms with Crippen LogP contribution in [0.15, 0.2) is 10.9 Å². The molecule has 1 fully saturated rings. The molecule has 138 valence electrons. The van der Waals surface area contributed by atoms with Gasteiger partial charge in [0.1, 0.15) is 11.5 Å². The molecule has 0 aromatic carbocycles. The van der Waals surface area contributed by atoms with Crippen LogP contribution in [0.5, 0.6) is 0 Å². The third-order valence-corrected chi connectivity index (χ3v) is 5.30. The van der Waals surface area contributed by atoms with Crippen LogP contribution in [0.25, 0.3) is 0 Å². The Hall–Kier alpha value is -2.44. The first-order valence-electron chi connectivity index (χ1n) is 9.36. The van der Waals surface area contributed by atoms with E-state index in [2.05, 4.69) is 28.9 Å². The van der Waals surface area contributed by atoms with Gasteiger partial charge in [-0.3, -0.25) is 14.3 Å². The zero-order valence-corrected chi connectivity index (χ0v) is 15.6. The topological polar surface area (TPSA) is 83.9 Å². The van der Waals surface area contributed by atoms with Crippen molar-refractivity contribution in [3.8, 4) is 0 Å². The van der Waals surface area contributed by atoms with Crippen LogP contribution in [0, 0.1) is 5.92 Å². The van der Waals surface area contributed by atoms with Gasteiger partial charge in [-0.2, -0.15) is 5.10 Å². The van der Waals surface area contributed by atoms with E-state index in [0.717, 1.165) is 29.2 Å². The van der Waals surface area contributed by atoms with E-state index in [4.69, 9.17) is 0 Å². The minimum atomic E-state index is -0.0524. The monoisotopic (exact) mass is 355 g/mol. The number of hydrogen-bond acceptors (Lipinski definition) is 4. The molecule has 1 saturated carbocycles. The fourth-order valence-corrected chi connectivity index (χ4v) is 3.49. The number of carbonyl (C=O) groups is 1. The van der Waals surface area contributed by atoms with Gasteiger partial charge in [-0.15, -0.1) is 0 Å². The summed E-state index contributed by atoms with van der Waals surface area (Å²) in [5, 5.41) is 4.44. The molecule has 0 saturated heterocycles. The second kappa shape index (κ2) is 6.37. The molecule has 4 rings (SSSR count). The van der Waals surface area contributed by atoms with Crippen LogP contribution in [0.1, 0.15) is 65.9 Å². The molecule has 1 aliphatic heterocycles. The van der Waals surface area contributed by atoms with E-state index in [1.165, 1.54) is 12.8 Å². The molecule has 26 heavy (non-hydrogen) atoms. The maximum atomic E-state index is 13.0. The first-order valence-corrected chi connectivity index (χ1v) is 9.36. The molecule has 7 nitrogen and oxygen atoms in total. The predicted octanol–water partition coefficient (Wildman–Crippen LogP) is 1.78. The van der Waals surface area contributed by atoms with Crippen molar-refractivity contribution < 1.29 is 4.79 Å². The van der Waals surface area contributed by atoms with E-state index in [0.29, 0.717) is 31.1 Å². The molecule has 0 radical (unpaired) electrons. The lowest BCUT2D eigenvalue weighted by molar-refractivity contribution is 0.0720. The Morgan fingerprint density at radius 2 is 2.15 bits per heavy atom. The predicted molar refractivity (Wildman–Crippen MR) is 97.0 cm³/mol. The maximum absolute atomic E-state index is 13.0. The largest absolute Gasteiger partial charge is 0.331 e. The lowest BCUT2D eigenvalue weighted by Gasteiger charge is -2.27. The molecule has 0 bridgehead atoms. The lowest BCUT2D eigenvalue weighted by Crippen LogP contribution is -2.40. The quantitative estimate of drug-likeness (QED) is 0.906. The average Bonchev–Trinajstić information content (AvgIpc) is 3.32. The highest BCUT2D eigenvalue weighted by Gasteiger charge is 2.28. The SMILES string of the molecule is CC(C)c1cc(C(=O)N2CCc3c(nc(CC4CC4)[nH]c3=O)C2)n(C)n1. The molecule has 0 unspecified atom stereocenters. The highest BCUT2D eigenvalue weighted by Crippen LogP contribution is 2.31. The van der Waals surface area contributed by atoms with Gasteiger partial charge in [0.15, 0.2) is 0 Å². The maximum Gasteiger partial charge on any atom is 0.272 e. The van der Waals surface area contributed by atoms with E-state index < -0.39 is 0 Å². The Morgan fingerprint density at radius 3 is 2.81 bits per heavy atom. The molecular weight excluding hydrogens is 330 g/mol. The number of hydrogen-bond donors (Lipinski definition) is 1. The van der Waals surface area contributed by atoms with Gasteiger partial charge in [0.2, 0.25) is 0 Å². The van der Waals surface area contributed by atoms with Crippen LogP contribution in [0.4, 0.5) is 0 Å². The number of aromatic amines is 1. The van der Waals surface area contributed by atoms with Crippen LogP contribution in [0.3, 0.4) is 0 Å². The standard InChI is InChI=1S/C19H25N5O2/c1-11(2)14-9-16(23(3)22-14)19(26)24-7-6-13-15(10-24)20-17(21-18(13)25)8-12-4-5-12/h9,11-12H,4-8,10H2,1-3H3,(H,20,21,25). The zero-order chi connectivity index (χ0) is 18.4. The van der Waals surface area contributed by atoms with Gasteiger partial charge in [-0.1, -0.05) is 13.8 Å². The van der Waals surface area contributed by atoms with Gasteiger partial charge in [-0.05, 0) is 37.2 Å². The van der Waals surface area contributed by atoms with Crippen LogP contribution in [0.2, 0.25) is 0 Å². The fraction of sp³-hybridized carbons (Fsp3) is 0.579. The Bertz CT molecular complexity index is 907. The van der Waals surface area contributed by atoms with Crippen molar-refractivity contribution in [1.82, 2.24) is 24.6 Å². The number of fused-ring (bicyclic) bond motifs is 1. The lowest BCUT2D eigenvalue weighted by atomic mass is 10.1. The molecule has 0 spiro atoms. The molecule has 3 heterocycles. The summed E-state index contributed by atoms with van der Waals surface area (Å²) in [6.45, 7) is 5.04. The molecular formula is C19H25N5O2. The highest BCUT2D eigenvalue weighted by molar-refractivity contribution is 5.92. The summed E-state index contributed by atoms with van der Waals surface area (Å²) in [6.07, 6.45) is 3.80. The normalized spacial score (nSPS) is 16.8. The molecule has 1 aliphatic carbocycles. The molecule has 2 aromatic rings. The Labute approximate surface area is 152 Å². The van der Waals surface area contributed by atoms with Crippen molar-refractivity contribution in [3.05, 3.63) is 44.9 Å². The fourth-order valence-electron chi connectivity index (χ4n) is 3.49. The molecule has 1 amide bonds. The van der Waals surface area contributed by atoms with Crippen molar-refractivity contribution in [2.24, 2.45) is 13.0 Å². The summed E-state index contributed by atoms with van der Waals surface area (Å²) < 4.78 is 1.65. The van der Waals surface area contributed by atoms with Gasteiger partial charge in [0.25, 0.3) is 11.5 Å². The number of nitrogens with one attached hydrogen (secondary N) is 1. The first-order chi connectivity index (χ1) is 12.4. The Morgan fingerprint density at radius 1 is 1.38 bits per heavy atom. The van der Waals surface area contributed by atoms with Gasteiger partial charge in [0, 0.05) is 25.6 Å². The molecule has 2 aliphatic rings. The van der Waals surface area contributed by atoms with E-state index in [-0.39, 0.29) is 17.4 Å². The van der Waals surface area contributed by atoms with E-state index in [1.54, 1.807) is 16.6 Å². The smallest absolute Gasteiger partial charge is 0.272 e. The van der Waals surface area contributed by atoms with Gasteiger partial charge in [-0.25, -0.2) is 4.98 Å². The number of rotatable bonds is 4. The summed E-state index contributed by atoms with van der Waals surface area (Å²) in [6, 6.07) is 1.87. The Kier molecular flexibility index (Phi) is 4.17. The van der Waals surface area contributed by atoms with Crippen LogP contribution in [-0.4, -0.2) is 37.1 Å². The number of aromatic nitrogens is 4. The summed E-state index contributed by atoms with van der Waals surface area (Å²) >= 11 is 0. The van der Waals surface area contributed by atoms with Crippen LogP contribution in [-0.2, 0) is 26.4 Å². The summed E-state index contributed by atoms with van der Waals surface area (Å²) in [5.41, 5.74) is 2.92. The van der Waals surface area contributed by atoms with Crippen LogP contribution < -0.4 is 5.56 Å². The summed E-state index contributed by atoms with van der Waals surface area (Å²) in [4.78, 5) is 34.7. The molecule has 2 aromatic heterocycles. The zero-order valence-electron chi connectivity index (χ0n) is 15.6. The van der Waals surface area contributed by atoms with Gasteiger partial charge < -0.3 is 9.88 Å². The van der Waals surface area contributed by atoms with Crippen LogP contribution >= 0.6 is 0 Å². The van der Waals surface area contributed by atoms with E-state index >= 15 is 0 Å². The van der Waals surface area contributed by atoms with Gasteiger partial charge in [0.05, 0.1) is 17.9 Å². The minimum absolute atomic E-state index is 0.0413. The summed E-state index contributed by atoms with van der Waals surface area (Å²) in [5.74, 6) is 1.63. The molecule has 0 atom stereocenters. The average molecular weight is 355 g/mol. The summed E-state index contributed by atoms with van der Waals surface area (Å²) in [7, 11) is 1.80. The third kappa shape index (κ3) is 3.18. The van der Waals surface area contributed by atoms with Crippen molar-refractivity contribution >= 4 is 5.91 Å². The van der Waals surface area contributed by atoms with E-state index in [1.807, 2.05) is 6.07 Å². The minimum Gasteiger partial charge on any atom is -0.331 e. The number of amides is 1. The number of H-pyrrole nitrogens is 1. The van der Waals surface area contributed by atoms with Crippen molar-refractivity contribution in [2.75, 3.05) is 6.54 Å². The second-order valence-electron chi connectivity index (χ2n) is 7.79. The van der Waals surface area contributed by atoms with Crippen molar-refractivity contribution in [1.29, 1.82) is 0 Å². The molecule has 1 N–H and O–H groups in total. The van der Waals surface area contributed by atoms with Gasteiger partial charge >= 0.3 is 0 Å². The van der Waals surface area contributed by atoms with Crippen molar-refractivity contribution in [3.63, 3.8) is 0 Å². The first kappa shape index (κ1) is 17.0. The second-order valence-corrected chi connectivity index (χ2v) is 7.79. The van der Waals surface area contributed by atoms with E-state index in [9.17, 15) is 9.59 Å². The van der Waals surface area contributed by atoms with Crippen molar-refractivity contribution in [2.45, 2.75) is 52.0 Å². The number of carbonyl (C=O) groups excluding carboxylic acids is 1. The third-order valence-electron chi connectivity index (χ3n) is 5.30.